The van der Waals surface area contributed by atoms with Gasteiger partial charge in [-0.05, 0) is 19.0 Å². The number of nitrogens with zero attached hydrogens (tertiary/aromatic N) is 2. The second kappa shape index (κ2) is 3.20. The first-order valence-corrected chi connectivity index (χ1v) is 3.38. The Bertz CT molecular complexity index is 237. The summed E-state index contributed by atoms with van der Waals surface area (Å²) in [6.45, 7) is 2.91. The van der Waals surface area contributed by atoms with Crippen LogP contribution in [0, 0.1) is 0 Å². The van der Waals surface area contributed by atoms with Gasteiger partial charge in [0.05, 0.1) is 1.37 Å². The molecular weight excluding hydrogens is 124 g/mol. The van der Waals surface area contributed by atoms with E-state index in [-0.39, 0.29) is 0 Å². The Morgan fingerprint density at radius 1 is 1.70 bits per heavy atom. The lowest BCUT2D eigenvalue weighted by atomic mass is 10.4. The first kappa shape index (κ1) is 5.71. The second-order valence-corrected chi connectivity index (χ2v) is 2.12. The molecule has 0 aliphatic carbocycles. The van der Waals surface area contributed by atoms with E-state index in [1.165, 1.54) is 0 Å². The highest BCUT2D eigenvalue weighted by atomic mass is 15.1. The van der Waals surface area contributed by atoms with Gasteiger partial charge in [-0.2, -0.15) is 0 Å². The van der Waals surface area contributed by atoms with Gasteiger partial charge in [-0.15, -0.1) is 0 Å². The lowest BCUT2D eigenvalue weighted by Gasteiger charge is -2.13. The Hall–Kier alpha value is -1.05. The van der Waals surface area contributed by atoms with Crippen LogP contribution >= 0.6 is 0 Å². The van der Waals surface area contributed by atoms with Crippen molar-refractivity contribution in [3.8, 4) is 0 Å². The lowest BCUT2D eigenvalue weighted by Crippen LogP contribution is -2.16. The molecule has 0 radical (unpaired) electrons. The minimum atomic E-state index is 0.483. The molecule has 54 valence electrons. The Morgan fingerprint density at radius 2 is 2.50 bits per heavy atom. The molecule has 0 saturated carbocycles. The van der Waals surface area contributed by atoms with Crippen molar-refractivity contribution in [1.82, 2.24) is 4.98 Å². The van der Waals surface area contributed by atoms with Gasteiger partial charge in [0, 0.05) is 19.8 Å². The maximum absolute atomic E-state index is 7.50. The van der Waals surface area contributed by atoms with Crippen LogP contribution in [0.1, 0.15) is 8.29 Å². The molecule has 0 atom stereocenters. The minimum Gasteiger partial charge on any atom is -0.360 e. The third-order valence-electron chi connectivity index (χ3n) is 1.43. The Kier molecular flexibility index (Phi) is 1.83. The van der Waals surface area contributed by atoms with Crippen molar-refractivity contribution in [1.29, 1.82) is 0 Å². The number of pyridine rings is 1. The van der Waals surface area contributed by atoms with Crippen molar-refractivity contribution in [2.24, 2.45) is 0 Å². The molecule has 0 amide bonds. The molecule has 0 aromatic carbocycles. The number of anilines is 1. The van der Waals surface area contributed by atoms with Crippen LogP contribution in [0.25, 0.3) is 0 Å². The number of rotatable bonds is 2. The average Bonchev–Trinajstić information content (AvgIpc) is 2.04. The summed E-state index contributed by atoms with van der Waals surface area (Å²) in [6, 6.07) is 4.00. The van der Waals surface area contributed by atoms with E-state index in [9.17, 15) is 0 Å². The van der Waals surface area contributed by atoms with E-state index in [0.717, 1.165) is 12.4 Å². The molecule has 0 spiro atoms. The summed E-state index contributed by atoms with van der Waals surface area (Å²) in [4.78, 5) is 6.03. The highest BCUT2D eigenvalue weighted by molar-refractivity contribution is 5.35. The van der Waals surface area contributed by atoms with Crippen molar-refractivity contribution in [3.63, 3.8) is 0 Å². The predicted octanol–water partition coefficient (Wildman–Crippen LogP) is 1.54. The van der Waals surface area contributed by atoms with E-state index in [1.54, 1.807) is 18.3 Å². The Labute approximate surface area is 62.9 Å². The molecule has 0 bridgehead atoms. The molecule has 0 N–H and O–H groups in total. The average molecular weight is 137 g/mol. The van der Waals surface area contributed by atoms with Gasteiger partial charge in [0.1, 0.15) is 5.82 Å². The van der Waals surface area contributed by atoms with E-state index in [2.05, 4.69) is 4.98 Å². The zero-order chi connectivity index (χ0) is 8.27. The van der Waals surface area contributed by atoms with Gasteiger partial charge in [-0.1, -0.05) is 6.07 Å². The van der Waals surface area contributed by atoms with E-state index >= 15 is 0 Å². The summed E-state index contributed by atoms with van der Waals surface area (Å²) in [7, 11) is 1.93. The molecule has 2 heteroatoms. The van der Waals surface area contributed by atoms with Crippen LogP contribution in [0.3, 0.4) is 0 Å². The highest BCUT2D eigenvalue weighted by Gasteiger charge is 1.94. The van der Waals surface area contributed by atoms with Crippen LogP contribution in [0.4, 0.5) is 5.82 Å². The molecule has 0 aliphatic heterocycles. The topological polar surface area (TPSA) is 16.1 Å². The lowest BCUT2D eigenvalue weighted by molar-refractivity contribution is 0.938. The van der Waals surface area contributed by atoms with Crippen molar-refractivity contribution >= 4 is 5.82 Å². The van der Waals surface area contributed by atoms with Crippen molar-refractivity contribution in [3.05, 3.63) is 24.4 Å². The standard InChI is InChI=1S/C8H12N2/c1-3-10(2)8-6-4-5-7-9-8/h4-7H,3H2,1-2H3/i6D. The van der Waals surface area contributed by atoms with E-state index in [0.29, 0.717) is 6.04 Å². The fraction of sp³-hybridized carbons (Fsp3) is 0.375. The number of hydrogen-bond donors (Lipinski definition) is 0. The molecule has 10 heavy (non-hydrogen) atoms. The second-order valence-electron chi connectivity index (χ2n) is 2.12. The summed E-state index contributed by atoms with van der Waals surface area (Å²) in [5.74, 6) is 0.745. The SMILES string of the molecule is [2H]c1cccnc1N(C)CC. The van der Waals surface area contributed by atoms with E-state index in [1.807, 2.05) is 18.9 Å². The van der Waals surface area contributed by atoms with Gasteiger partial charge in [-0.3, -0.25) is 0 Å². The molecule has 1 rings (SSSR count). The Morgan fingerprint density at radius 3 is 3.10 bits per heavy atom. The zero-order valence-corrected chi connectivity index (χ0v) is 6.33. The zero-order valence-electron chi connectivity index (χ0n) is 7.33. The maximum Gasteiger partial charge on any atom is 0.128 e. The van der Waals surface area contributed by atoms with E-state index in [4.69, 9.17) is 1.37 Å². The van der Waals surface area contributed by atoms with E-state index < -0.39 is 0 Å². The molecule has 1 aromatic rings. The highest BCUT2D eigenvalue weighted by Crippen LogP contribution is 2.04. The third kappa shape index (κ3) is 1.47. The molecule has 0 fully saturated rings. The maximum atomic E-state index is 7.50. The molecule has 2 nitrogen and oxygen atoms in total. The smallest absolute Gasteiger partial charge is 0.128 e. The minimum absolute atomic E-state index is 0.483. The number of hydrogen-bond acceptors (Lipinski definition) is 2. The first-order chi connectivity index (χ1) is 5.25. The molecule has 0 saturated heterocycles. The van der Waals surface area contributed by atoms with Gasteiger partial charge in [0.2, 0.25) is 0 Å². The molecule has 1 aromatic heterocycles. The molecule has 0 aliphatic rings. The fourth-order valence-electron chi connectivity index (χ4n) is 0.675. The van der Waals surface area contributed by atoms with Crippen molar-refractivity contribution in [2.45, 2.75) is 6.92 Å². The van der Waals surface area contributed by atoms with Crippen LogP contribution in [-0.4, -0.2) is 18.6 Å². The van der Waals surface area contributed by atoms with Gasteiger partial charge in [-0.25, -0.2) is 4.98 Å². The molecule has 0 unspecified atom stereocenters. The number of aromatic nitrogens is 1. The van der Waals surface area contributed by atoms with Crippen LogP contribution < -0.4 is 4.90 Å². The normalized spacial score (nSPS) is 10.8. The third-order valence-corrected chi connectivity index (χ3v) is 1.43. The summed E-state index contributed by atoms with van der Waals surface area (Å²) in [6.07, 6.45) is 1.71. The van der Waals surface area contributed by atoms with Crippen molar-refractivity contribution < 1.29 is 1.37 Å². The summed E-state index contributed by atoms with van der Waals surface area (Å²) in [5.41, 5.74) is 0. The molecular formula is C8H12N2. The summed E-state index contributed by atoms with van der Waals surface area (Å²) in [5, 5.41) is 0. The Balaban J connectivity index is 2.93. The van der Waals surface area contributed by atoms with Crippen LogP contribution in [0.2, 0.25) is 0 Å². The van der Waals surface area contributed by atoms with Crippen LogP contribution in [-0.2, 0) is 0 Å². The summed E-state index contributed by atoms with van der Waals surface area (Å²) < 4.78 is 7.50. The van der Waals surface area contributed by atoms with Gasteiger partial charge in [0.15, 0.2) is 0 Å². The van der Waals surface area contributed by atoms with Gasteiger partial charge >= 0.3 is 0 Å². The monoisotopic (exact) mass is 137 g/mol. The largest absolute Gasteiger partial charge is 0.360 e. The van der Waals surface area contributed by atoms with Crippen molar-refractivity contribution in [2.75, 3.05) is 18.5 Å². The van der Waals surface area contributed by atoms with Gasteiger partial charge < -0.3 is 4.90 Å². The van der Waals surface area contributed by atoms with Crippen LogP contribution in [0.5, 0.6) is 0 Å². The van der Waals surface area contributed by atoms with Gasteiger partial charge in [0.25, 0.3) is 0 Å². The predicted molar refractivity (Wildman–Crippen MR) is 43.2 cm³/mol. The quantitative estimate of drug-likeness (QED) is 0.614. The fourth-order valence-corrected chi connectivity index (χ4v) is 0.675. The summed E-state index contributed by atoms with van der Waals surface area (Å²) >= 11 is 0. The van der Waals surface area contributed by atoms with Crippen LogP contribution in [0.15, 0.2) is 24.4 Å². The first-order valence-electron chi connectivity index (χ1n) is 3.88. The molecule has 1 heterocycles.